The van der Waals surface area contributed by atoms with Crippen LogP contribution in [0, 0.1) is 19.8 Å². The molecule has 1 saturated heterocycles. The molecule has 0 saturated carbocycles. The lowest BCUT2D eigenvalue weighted by atomic mass is 9.98. The summed E-state index contributed by atoms with van der Waals surface area (Å²) in [6.45, 7) is 6.15. The Labute approximate surface area is 156 Å². The van der Waals surface area contributed by atoms with E-state index in [9.17, 15) is 4.79 Å². The second kappa shape index (κ2) is 7.26. The van der Waals surface area contributed by atoms with E-state index < -0.39 is 0 Å². The number of piperidine rings is 1. The lowest BCUT2D eigenvalue weighted by Gasteiger charge is -2.32. The van der Waals surface area contributed by atoms with E-state index in [4.69, 9.17) is 0 Å². The van der Waals surface area contributed by atoms with Gasteiger partial charge in [0.2, 0.25) is 11.8 Å². The van der Waals surface area contributed by atoms with Crippen molar-refractivity contribution in [3.05, 3.63) is 41.7 Å². The molecule has 0 unspecified atom stereocenters. The zero-order valence-electron chi connectivity index (χ0n) is 15.5. The first-order valence-corrected chi connectivity index (χ1v) is 9.11. The van der Waals surface area contributed by atoms with Crippen LogP contribution in [-0.4, -0.2) is 55.1 Å². The molecule has 1 N–H and O–H groups in total. The molecular weight excluding hydrogens is 344 g/mol. The first kappa shape index (κ1) is 17.3. The molecule has 4 rings (SSSR count). The van der Waals surface area contributed by atoms with Gasteiger partial charge in [0.1, 0.15) is 0 Å². The van der Waals surface area contributed by atoms with E-state index in [0.717, 1.165) is 43.3 Å². The largest absolute Gasteiger partial charge is 0.349 e. The monoisotopic (exact) mass is 366 g/mol. The van der Waals surface area contributed by atoms with Crippen LogP contribution in [0.4, 0.5) is 5.95 Å². The zero-order valence-corrected chi connectivity index (χ0v) is 15.5. The van der Waals surface area contributed by atoms with Crippen molar-refractivity contribution in [2.24, 2.45) is 5.92 Å². The summed E-state index contributed by atoms with van der Waals surface area (Å²) in [5.74, 6) is 1.57. The molecule has 3 aromatic rings. The summed E-state index contributed by atoms with van der Waals surface area (Å²) in [5, 5.41) is 11.1. The van der Waals surface area contributed by atoms with E-state index in [-0.39, 0.29) is 11.7 Å². The third-order valence-corrected chi connectivity index (χ3v) is 4.80. The third-order valence-electron chi connectivity index (χ3n) is 4.80. The average molecular weight is 366 g/mol. The second-order valence-electron chi connectivity index (χ2n) is 6.91. The third kappa shape index (κ3) is 3.57. The van der Waals surface area contributed by atoms with Crippen molar-refractivity contribution < 1.29 is 4.79 Å². The molecule has 1 atom stereocenters. The highest BCUT2D eigenvalue weighted by Gasteiger charge is 2.23. The number of anilines is 1. The fourth-order valence-corrected chi connectivity index (χ4v) is 3.56. The average Bonchev–Trinajstić information content (AvgIpc) is 3.11. The van der Waals surface area contributed by atoms with Gasteiger partial charge in [0.15, 0.2) is 0 Å². The van der Waals surface area contributed by atoms with Gasteiger partial charge in [-0.2, -0.15) is 0 Å². The molecule has 0 aromatic carbocycles. The molecule has 0 radical (unpaired) electrons. The molecular formula is C18H22N8O. The minimum absolute atomic E-state index is 0.232. The Morgan fingerprint density at radius 1 is 1.26 bits per heavy atom. The number of amides is 1. The van der Waals surface area contributed by atoms with Gasteiger partial charge in [0, 0.05) is 43.4 Å². The van der Waals surface area contributed by atoms with E-state index in [0.29, 0.717) is 18.2 Å². The van der Waals surface area contributed by atoms with Gasteiger partial charge in [0.25, 0.3) is 11.7 Å². The minimum Gasteiger partial charge on any atom is -0.349 e. The smallest absolute Gasteiger partial charge is 0.289 e. The van der Waals surface area contributed by atoms with Crippen LogP contribution in [0.15, 0.2) is 24.5 Å². The van der Waals surface area contributed by atoms with Gasteiger partial charge in [-0.15, -0.1) is 10.2 Å². The minimum atomic E-state index is -0.232. The van der Waals surface area contributed by atoms with Crippen LogP contribution in [-0.2, 0) is 0 Å². The molecule has 27 heavy (non-hydrogen) atoms. The van der Waals surface area contributed by atoms with E-state index in [1.165, 1.54) is 0 Å². The summed E-state index contributed by atoms with van der Waals surface area (Å²) in [6, 6.07) is 3.72. The Bertz CT molecular complexity index is 955. The van der Waals surface area contributed by atoms with Gasteiger partial charge in [-0.05, 0) is 44.7 Å². The van der Waals surface area contributed by atoms with Crippen molar-refractivity contribution in [2.45, 2.75) is 26.7 Å². The van der Waals surface area contributed by atoms with Crippen LogP contribution in [0.2, 0.25) is 0 Å². The number of nitrogens with zero attached hydrogens (tertiary/aromatic N) is 7. The van der Waals surface area contributed by atoms with Gasteiger partial charge in [-0.1, -0.05) is 0 Å². The van der Waals surface area contributed by atoms with Crippen molar-refractivity contribution in [1.82, 2.24) is 34.9 Å². The first-order chi connectivity index (χ1) is 13.1. The van der Waals surface area contributed by atoms with Gasteiger partial charge in [-0.25, -0.2) is 15.0 Å². The molecule has 0 spiro atoms. The Morgan fingerprint density at radius 2 is 2.07 bits per heavy atom. The molecule has 1 aliphatic heterocycles. The zero-order chi connectivity index (χ0) is 18.8. The summed E-state index contributed by atoms with van der Waals surface area (Å²) < 4.78 is 1.69. The summed E-state index contributed by atoms with van der Waals surface area (Å²) in [7, 11) is 0. The maximum Gasteiger partial charge on any atom is 0.289 e. The van der Waals surface area contributed by atoms with Gasteiger partial charge in [0.05, 0.1) is 0 Å². The summed E-state index contributed by atoms with van der Waals surface area (Å²) >= 11 is 0. The number of rotatable bonds is 4. The molecule has 140 valence electrons. The molecule has 0 aliphatic carbocycles. The Balaban J connectivity index is 1.42. The van der Waals surface area contributed by atoms with E-state index in [2.05, 4.69) is 35.4 Å². The van der Waals surface area contributed by atoms with Crippen LogP contribution in [0.25, 0.3) is 5.78 Å². The summed E-state index contributed by atoms with van der Waals surface area (Å²) in [4.78, 5) is 27.8. The second-order valence-corrected chi connectivity index (χ2v) is 6.91. The number of hydrogen-bond acceptors (Lipinski definition) is 7. The number of aryl methyl sites for hydroxylation is 2. The van der Waals surface area contributed by atoms with Crippen molar-refractivity contribution >= 4 is 17.6 Å². The van der Waals surface area contributed by atoms with Crippen molar-refractivity contribution in [3.8, 4) is 0 Å². The van der Waals surface area contributed by atoms with Crippen LogP contribution in [0.1, 0.15) is 34.8 Å². The quantitative estimate of drug-likeness (QED) is 0.740. The number of aromatic nitrogens is 6. The van der Waals surface area contributed by atoms with Gasteiger partial charge < -0.3 is 10.2 Å². The predicted octanol–water partition coefficient (Wildman–Crippen LogP) is 1.18. The molecule has 0 bridgehead atoms. The van der Waals surface area contributed by atoms with Crippen molar-refractivity contribution in [1.29, 1.82) is 0 Å². The number of nitrogens with one attached hydrogen (secondary N) is 1. The van der Waals surface area contributed by atoms with Crippen LogP contribution >= 0.6 is 0 Å². The molecule has 9 nitrogen and oxygen atoms in total. The predicted molar refractivity (Wildman–Crippen MR) is 99.6 cm³/mol. The fraction of sp³-hybridized carbons (Fsp3) is 0.444. The van der Waals surface area contributed by atoms with Crippen LogP contribution in [0.5, 0.6) is 0 Å². The van der Waals surface area contributed by atoms with Crippen LogP contribution < -0.4 is 10.2 Å². The maximum atomic E-state index is 12.7. The Morgan fingerprint density at radius 3 is 2.89 bits per heavy atom. The molecule has 9 heteroatoms. The van der Waals surface area contributed by atoms with Gasteiger partial charge in [-0.3, -0.25) is 9.20 Å². The maximum absolute atomic E-state index is 12.7. The molecule has 1 aliphatic rings. The molecule has 1 fully saturated rings. The number of hydrogen-bond donors (Lipinski definition) is 1. The SMILES string of the molecule is Cc1cc(C)n2c(C(=O)NC[C@H]3CCCN(c4ncccn4)C3)nnc2n1. The number of carbonyl (C=O) groups excluding carboxylic acids is 1. The number of fused-ring (bicyclic) bond motifs is 1. The van der Waals surface area contributed by atoms with Crippen LogP contribution in [0.3, 0.4) is 0 Å². The standard InChI is InChI=1S/C18H22N8O/c1-12-9-13(2)26-15(23-24-18(26)22-12)16(27)21-10-14-5-3-8-25(11-14)17-19-6-4-7-20-17/h4,6-7,9,14H,3,5,8,10-11H2,1-2H3,(H,21,27)/t14-/m1/s1. The highest BCUT2D eigenvalue weighted by Crippen LogP contribution is 2.19. The number of carbonyl (C=O) groups is 1. The van der Waals surface area contributed by atoms with Crippen molar-refractivity contribution in [2.75, 3.05) is 24.5 Å². The molecule has 4 heterocycles. The first-order valence-electron chi connectivity index (χ1n) is 9.11. The highest BCUT2D eigenvalue weighted by atomic mass is 16.2. The Hall–Kier alpha value is -3.10. The molecule has 3 aromatic heterocycles. The lowest BCUT2D eigenvalue weighted by molar-refractivity contribution is 0.0933. The van der Waals surface area contributed by atoms with Crippen molar-refractivity contribution in [3.63, 3.8) is 0 Å². The topological polar surface area (TPSA) is 101 Å². The van der Waals surface area contributed by atoms with E-state index in [1.54, 1.807) is 16.8 Å². The highest BCUT2D eigenvalue weighted by molar-refractivity contribution is 5.91. The normalized spacial score (nSPS) is 17.3. The van der Waals surface area contributed by atoms with E-state index >= 15 is 0 Å². The lowest BCUT2D eigenvalue weighted by Crippen LogP contribution is -2.42. The Kier molecular flexibility index (Phi) is 4.66. The van der Waals surface area contributed by atoms with Gasteiger partial charge >= 0.3 is 0 Å². The summed E-state index contributed by atoms with van der Waals surface area (Å²) in [6.07, 6.45) is 5.61. The summed E-state index contributed by atoms with van der Waals surface area (Å²) in [5.41, 5.74) is 1.74. The fourth-order valence-electron chi connectivity index (χ4n) is 3.56. The molecule has 1 amide bonds. The van der Waals surface area contributed by atoms with E-state index in [1.807, 2.05) is 26.0 Å².